The van der Waals surface area contributed by atoms with Crippen LogP contribution in [0.15, 0.2) is 65.1 Å². The molecule has 7 nitrogen and oxygen atoms in total. The molecule has 0 fully saturated rings. The number of hydrogen-bond acceptors (Lipinski definition) is 4. The lowest BCUT2D eigenvalue weighted by Crippen LogP contribution is -2.17. The fourth-order valence-corrected chi connectivity index (χ4v) is 2.43. The highest BCUT2D eigenvalue weighted by molar-refractivity contribution is 5.81. The second-order valence-corrected chi connectivity index (χ2v) is 5.32. The lowest BCUT2D eigenvalue weighted by Gasteiger charge is -1.96. The van der Waals surface area contributed by atoms with Gasteiger partial charge in [0.1, 0.15) is 12.5 Å². The third kappa shape index (κ3) is 4.10. The summed E-state index contributed by atoms with van der Waals surface area (Å²) in [6.07, 6.45) is 11.2. The van der Waals surface area contributed by atoms with Crippen molar-refractivity contribution in [1.29, 1.82) is 0 Å². The molecule has 126 valence electrons. The molecule has 3 rings (SSSR count). The first-order valence-corrected chi connectivity index (χ1v) is 7.71. The van der Waals surface area contributed by atoms with Crippen molar-refractivity contribution in [3.05, 3.63) is 71.7 Å². The number of fused-ring (bicyclic) bond motifs is 1. The number of imidazole rings is 1. The highest BCUT2D eigenvalue weighted by Crippen LogP contribution is 2.10. The first kappa shape index (κ1) is 16.4. The van der Waals surface area contributed by atoms with E-state index in [1.165, 1.54) is 6.34 Å². The van der Waals surface area contributed by atoms with Gasteiger partial charge in [0.05, 0.1) is 19.5 Å². The van der Waals surface area contributed by atoms with E-state index in [-0.39, 0.29) is 0 Å². The van der Waals surface area contributed by atoms with E-state index in [9.17, 15) is 0 Å². The maximum atomic E-state index is 8.26. The molecule has 0 aliphatic carbocycles. The van der Waals surface area contributed by atoms with Crippen molar-refractivity contribution >= 4 is 30.4 Å². The van der Waals surface area contributed by atoms with Crippen molar-refractivity contribution in [3.63, 3.8) is 0 Å². The number of aryl methyl sites for hydroxylation is 1. The van der Waals surface area contributed by atoms with E-state index in [0.29, 0.717) is 0 Å². The van der Waals surface area contributed by atoms with Gasteiger partial charge < -0.3 is 0 Å². The summed E-state index contributed by atoms with van der Waals surface area (Å²) in [5.41, 5.74) is 8.51. The molecule has 0 saturated heterocycles. The normalized spacial score (nSPS) is 11.9. The third-order valence-electron chi connectivity index (χ3n) is 3.72. The van der Waals surface area contributed by atoms with E-state index in [0.717, 1.165) is 22.5 Å². The van der Waals surface area contributed by atoms with Crippen LogP contribution < -0.4 is 15.4 Å². The molecule has 2 heterocycles. The molecule has 0 unspecified atom stereocenters. The highest BCUT2D eigenvalue weighted by Gasteiger charge is 2.10. The van der Waals surface area contributed by atoms with E-state index >= 15 is 0 Å². The van der Waals surface area contributed by atoms with Gasteiger partial charge in [0.25, 0.3) is 5.65 Å². The van der Waals surface area contributed by atoms with Crippen molar-refractivity contribution in [2.75, 3.05) is 0 Å². The standard InChI is InChI=1S/C18H19N6O/c1-23-17(13-24-11-3-2-4-18(23)24)10-9-15-5-7-16(8-6-15)12-19-20-14-21-22-25/h2-14,22,25H,1H3,(H,20,21)/q+1/b10-9+,19-12+. The van der Waals surface area contributed by atoms with E-state index in [2.05, 4.69) is 56.1 Å². The molecule has 0 aliphatic heterocycles. The van der Waals surface area contributed by atoms with Gasteiger partial charge in [0, 0.05) is 6.07 Å². The number of benzene rings is 1. The Balaban J connectivity index is 1.69. The van der Waals surface area contributed by atoms with Crippen molar-refractivity contribution in [3.8, 4) is 0 Å². The number of rotatable bonds is 6. The van der Waals surface area contributed by atoms with Gasteiger partial charge in [-0.1, -0.05) is 36.4 Å². The number of hydrogen-bond donors (Lipinski definition) is 3. The molecule has 0 amide bonds. The summed E-state index contributed by atoms with van der Waals surface area (Å²) < 4.78 is 4.24. The molecular formula is C18H19N6O+. The summed E-state index contributed by atoms with van der Waals surface area (Å²) in [4.78, 5) is 0. The SMILES string of the molecule is Cn1c(/C=C/c2ccc(/C=N/N/C=N/NO)cc2)c[n+]2ccccc12. The zero-order valence-electron chi connectivity index (χ0n) is 13.7. The predicted molar refractivity (Wildman–Crippen MR) is 98.1 cm³/mol. The molecule has 7 heteroatoms. The Morgan fingerprint density at radius 3 is 2.60 bits per heavy atom. The lowest BCUT2D eigenvalue weighted by molar-refractivity contribution is -0.510. The van der Waals surface area contributed by atoms with Gasteiger partial charge >= 0.3 is 0 Å². The minimum Gasteiger partial charge on any atom is -0.274 e. The van der Waals surface area contributed by atoms with Crippen LogP contribution in [0.2, 0.25) is 0 Å². The summed E-state index contributed by atoms with van der Waals surface area (Å²) in [6, 6.07) is 14.1. The molecule has 0 aliphatic rings. The first-order valence-electron chi connectivity index (χ1n) is 7.71. The van der Waals surface area contributed by atoms with Crippen LogP contribution >= 0.6 is 0 Å². The minimum atomic E-state index is 0.954. The molecule has 25 heavy (non-hydrogen) atoms. The Morgan fingerprint density at radius 1 is 1.04 bits per heavy atom. The van der Waals surface area contributed by atoms with Gasteiger partial charge in [-0.2, -0.15) is 10.7 Å². The Bertz CT molecular complexity index is 924. The number of aromatic nitrogens is 2. The predicted octanol–water partition coefficient (Wildman–Crippen LogP) is 1.78. The molecule has 2 aromatic heterocycles. The average Bonchev–Trinajstić information content (AvgIpc) is 2.97. The van der Waals surface area contributed by atoms with Crippen molar-refractivity contribution in [2.45, 2.75) is 0 Å². The fourth-order valence-electron chi connectivity index (χ4n) is 2.43. The number of nitrogens with one attached hydrogen (secondary N) is 2. The van der Waals surface area contributed by atoms with Crippen LogP contribution in [0.1, 0.15) is 16.8 Å². The number of pyridine rings is 1. The maximum Gasteiger partial charge on any atom is 0.286 e. The van der Waals surface area contributed by atoms with Gasteiger partial charge in [0.15, 0.2) is 5.69 Å². The Morgan fingerprint density at radius 2 is 1.84 bits per heavy atom. The zero-order chi connectivity index (χ0) is 17.5. The van der Waals surface area contributed by atoms with Crippen molar-refractivity contribution in [1.82, 2.24) is 15.6 Å². The van der Waals surface area contributed by atoms with Gasteiger partial charge in [-0.05, 0) is 23.3 Å². The molecule has 0 spiro atoms. The second kappa shape index (κ2) is 7.89. The van der Waals surface area contributed by atoms with Crippen LogP contribution in [0.3, 0.4) is 0 Å². The maximum absolute atomic E-state index is 8.26. The Hall–Kier alpha value is -3.45. The molecule has 1 aromatic carbocycles. The Labute approximate surface area is 145 Å². The largest absolute Gasteiger partial charge is 0.286 e. The Kier molecular flexibility index (Phi) is 5.18. The summed E-state index contributed by atoms with van der Waals surface area (Å²) in [5.74, 6) is 0. The summed E-state index contributed by atoms with van der Waals surface area (Å²) >= 11 is 0. The van der Waals surface area contributed by atoms with Crippen LogP contribution in [0.25, 0.3) is 17.8 Å². The van der Waals surface area contributed by atoms with E-state index in [4.69, 9.17) is 5.21 Å². The monoisotopic (exact) mass is 335 g/mol. The third-order valence-corrected chi connectivity index (χ3v) is 3.72. The van der Waals surface area contributed by atoms with Crippen molar-refractivity contribution in [2.24, 2.45) is 17.3 Å². The van der Waals surface area contributed by atoms with Crippen LogP contribution in [0.4, 0.5) is 0 Å². The van der Waals surface area contributed by atoms with Gasteiger partial charge in [-0.25, -0.2) is 8.97 Å². The molecule has 0 saturated carbocycles. The minimum absolute atomic E-state index is 0.954. The molecule has 0 radical (unpaired) electrons. The summed E-state index contributed by atoms with van der Waals surface area (Å²) in [5, 5.41) is 15.5. The lowest BCUT2D eigenvalue weighted by atomic mass is 10.1. The average molecular weight is 335 g/mol. The van der Waals surface area contributed by atoms with Gasteiger partial charge in [-0.15, -0.1) is 5.10 Å². The molecule has 3 N–H and O–H groups in total. The summed E-state index contributed by atoms with van der Waals surface area (Å²) in [6.45, 7) is 0. The van der Waals surface area contributed by atoms with Crippen LogP contribution in [0.5, 0.6) is 0 Å². The van der Waals surface area contributed by atoms with E-state index < -0.39 is 0 Å². The van der Waals surface area contributed by atoms with Crippen LogP contribution in [0, 0.1) is 0 Å². The fraction of sp³-hybridized carbons (Fsp3) is 0.0556. The van der Waals surface area contributed by atoms with Crippen LogP contribution in [-0.4, -0.2) is 22.3 Å². The van der Waals surface area contributed by atoms with E-state index in [1.54, 1.807) is 11.8 Å². The van der Waals surface area contributed by atoms with Crippen molar-refractivity contribution < 1.29 is 9.61 Å². The van der Waals surface area contributed by atoms with Crippen LogP contribution in [-0.2, 0) is 7.05 Å². The van der Waals surface area contributed by atoms with Gasteiger partial charge in [0.2, 0.25) is 0 Å². The topological polar surface area (TPSA) is 78.0 Å². The first-order chi connectivity index (χ1) is 12.3. The number of nitrogens with zero attached hydrogens (tertiary/aromatic N) is 4. The molecular weight excluding hydrogens is 316 g/mol. The summed E-state index contributed by atoms with van der Waals surface area (Å²) in [7, 11) is 2.05. The van der Waals surface area contributed by atoms with Gasteiger partial charge in [-0.3, -0.25) is 10.6 Å². The smallest absolute Gasteiger partial charge is 0.274 e. The zero-order valence-corrected chi connectivity index (χ0v) is 13.7. The molecule has 0 atom stereocenters. The highest BCUT2D eigenvalue weighted by atomic mass is 16.5. The number of hydrazone groups is 2. The quantitative estimate of drug-likeness (QED) is 0.278. The van der Waals surface area contributed by atoms with E-state index in [1.807, 2.05) is 42.6 Å². The second-order valence-electron chi connectivity index (χ2n) is 5.32. The molecule has 3 aromatic rings. The molecule has 0 bridgehead atoms.